The van der Waals surface area contributed by atoms with Crippen molar-refractivity contribution in [3.8, 4) is 11.8 Å². The number of carbonyl (C=O) groups is 1. The summed E-state index contributed by atoms with van der Waals surface area (Å²) in [6.07, 6.45) is 0.751. The van der Waals surface area contributed by atoms with Gasteiger partial charge in [-0.1, -0.05) is 17.7 Å². The van der Waals surface area contributed by atoms with Crippen LogP contribution in [0.2, 0.25) is 5.02 Å². The van der Waals surface area contributed by atoms with Gasteiger partial charge in [-0.25, -0.2) is 0 Å². The first-order valence-electron chi connectivity index (χ1n) is 5.38. The fraction of sp³-hybridized carbons (Fsp3) is 0.308. The van der Waals surface area contributed by atoms with E-state index < -0.39 is 0 Å². The van der Waals surface area contributed by atoms with Crippen LogP contribution in [0.15, 0.2) is 24.3 Å². The molecular formula is C13H15ClN2O. The summed E-state index contributed by atoms with van der Waals surface area (Å²) in [7, 11) is 0. The van der Waals surface area contributed by atoms with Gasteiger partial charge in [-0.3, -0.25) is 4.79 Å². The summed E-state index contributed by atoms with van der Waals surface area (Å²) in [5.74, 6) is 5.63. The average Bonchev–Trinajstić information content (AvgIpc) is 2.29. The lowest BCUT2D eigenvalue weighted by Crippen LogP contribution is -2.28. The fourth-order valence-electron chi connectivity index (χ4n) is 1.25. The van der Waals surface area contributed by atoms with Gasteiger partial charge >= 0.3 is 0 Å². The maximum absolute atomic E-state index is 11.5. The van der Waals surface area contributed by atoms with Gasteiger partial charge in [0.1, 0.15) is 0 Å². The van der Waals surface area contributed by atoms with Crippen LogP contribution in [0.4, 0.5) is 5.69 Å². The fourth-order valence-corrected chi connectivity index (χ4v) is 1.44. The summed E-state index contributed by atoms with van der Waals surface area (Å²) >= 11 is 5.81. The monoisotopic (exact) mass is 250 g/mol. The Morgan fingerprint density at radius 2 is 2.29 bits per heavy atom. The highest BCUT2D eigenvalue weighted by molar-refractivity contribution is 6.30. The first-order valence-corrected chi connectivity index (χ1v) is 5.76. The number of rotatable bonds is 5. The number of anilines is 1. The van der Waals surface area contributed by atoms with Gasteiger partial charge in [0.25, 0.3) is 0 Å². The molecule has 0 aliphatic rings. The SMILES string of the molecule is CC#CCCNCC(=O)Nc1cccc(Cl)c1. The number of amides is 1. The van der Waals surface area contributed by atoms with E-state index in [1.807, 2.05) is 0 Å². The van der Waals surface area contributed by atoms with Gasteiger partial charge in [0.15, 0.2) is 0 Å². The van der Waals surface area contributed by atoms with Crippen molar-refractivity contribution in [2.75, 3.05) is 18.4 Å². The molecule has 0 aliphatic carbocycles. The van der Waals surface area contributed by atoms with Crippen molar-refractivity contribution >= 4 is 23.2 Å². The smallest absolute Gasteiger partial charge is 0.238 e. The molecule has 3 nitrogen and oxygen atoms in total. The zero-order valence-corrected chi connectivity index (χ0v) is 10.5. The Hall–Kier alpha value is -1.50. The maximum atomic E-state index is 11.5. The lowest BCUT2D eigenvalue weighted by Gasteiger charge is -2.05. The van der Waals surface area contributed by atoms with Crippen LogP contribution in [0.5, 0.6) is 0 Å². The summed E-state index contributed by atoms with van der Waals surface area (Å²) in [6.45, 7) is 2.79. The minimum atomic E-state index is -0.0864. The van der Waals surface area contributed by atoms with Crippen molar-refractivity contribution in [3.63, 3.8) is 0 Å². The topological polar surface area (TPSA) is 41.1 Å². The second-order valence-corrected chi connectivity index (χ2v) is 3.85. The molecule has 1 aromatic carbocycles. The van der Waals surface area contributed by atoms with E-state index in [9.17, 15) is 4.79 Å². The van der Waals surface area contributed by atoms with Crippen LogP contribution in [0.25, 0.3) is 0 Å². The molecule has 1 rings (SSSR count). The molecule has 0 fully saturated rings. The normalized spacial score (nSPS) is 9.29. The third kappa shape index (κ3) is 5.96. The van der Waals surface area contributed by atoms with Gasteiger partial charge in [-0.2, -0.15) is 0 Å². The van der Waals surface area contributed by atoms with Crippen LogP contribution in [-0.2, 0) is 4.79 Å². The number of benzene rings is 1. The largest absolute Gasteiger partial charge is 0.325 e. The molecule has 0 aromatic heterocycles. The van der Waals surface area contributed by atoms with E-state index in [0.29, 0.717) is 17.3 Å². The minimum absolute atomic E-state index is 0.0864. The quantitative estimate of drug-likeness (QED) is 0.622. The molecule has 0 radical (unpaired) electrons. The Bertz CT molecular complexity index is 435. The Balaban J connectivity index is 2.27. The summed E-state index contributed by atoms with van der Waals surface area (Å²) in [5.41, 5.74) is 0.706. The molecule has 0 unspecified atom stereocenters. The predicted octanol–water partition coefficient (Wildman–Crippen LogP) is 2.28. The van der Waals surface area contributed by atoms with Crippen LogP contribution in [-0.4, -0.2) is 19.0 Å². The maximum Gasteiger partial charge on any atom is 0.238 e. The molecular weight excluding hydrogens is 236 g/mol. The van der Waals surface area contributed by atoms with E-state index in [-0.39, 0.29) is 12.5 Å². The standard InChI is InChI=1S/C13H15ClN2O/c1-2-3-4-8-15-10-13(17)16-12-7-5-6-11(14)9-12/h5-7,9,15H,4,8,10H2,1H3,(H,16,17). The van der Waals surface area contributed by atoms with E-state index in [0.717, 1.165) is 6.42 Å². The number of hydrogen-bond donors (Lipinski definition) is 2. The van der Waals surface area contributed by atoms with Crippen molar-refractivity contribution in [3.05, 3.63) is 29.3 Å². The Morgan fingerprint density at radius 3 is 3.00 bits per heavy atom. The summed E-state index contributed by atoms with van der Waals surface area (Å²) in [5, 5.41) is 6.36. The van der Waals surface area contributed by atoms with Crippen molar-refractivity contribution in [2.45, 2.75) is 13.3 Å². The third-order valence-electron chi connectivity index (χ3n) is 2.00. The highest BCUT2D eigenvalue weighted by Crippen LogP contribution is 2.14. The zero-order valence-electron chi connectivity index (χ0n) is 9.72. The number of halogens is 1. The molecule has 0 atom stereocenters. The molecule has 0 spiro atoms. The van der Waals surface area contributed by atoms with Crippen molar-refractivity contribution in [1.29, 1.82) is 0 Å². The number of carbonyl (C=O) groups excluding carboxylic acids is 1. The molecule has 2 N–H and O–H groups in total. The van der Waals surface area contributed by atoms with Crippen LogP contribution in [0.1, 0.15) is 13.3 Å². The first-order chi connectivity index (χ1) is 8.22. The Labute approximate surface area is 107 Å². The van der Waals surface area contributed by atoms with Crippen LogP contribution >= 0.6 is 11.6 Å². The van der Waals surface area contributed by atoms with E-state index in [4.69, 9.17) is 11.6 Å². The van der Waals surface area contributed by atoms with Crippen LogP contribution < -0.4 is 10.6 Å². The van der Waals surface area contributed by atoms with E-state index in [1.54, 1.807) is 31.2 Å². The molecule has 1 amide bonds. The van der Waals surface area contributed by atoms with Crippen LogP contribution in [0, 0.1) is 11.8 Å². The number of nitrogens with one attached hydrogen (secondary N) is 2. The summed E-state index contributed by atoms with van der Waals surface area (Å²) < 4.78 is 0. The van der Waals surface area contributed by atoms with Gasteiger partial charge < -0.3 is 10.6 Å². The van der Waals surface area contributed by atoms with Gasteiger partial charge in [0.2, 0.25) is 5.91 Å². The second-order valence-electron chi connectivity index (χ2n) is 3.41. The lowest BCUT2D eigenvalue weighted by atomic mass is 10.3. The summed E-state index contributed by atoms with van der Waals surface area (Å²) in [6, 6.07) is 7.06. The van der Waals surface area contributed by atoms with Crippen molar-refractivity contribution in [1.82, 2.24) is 5.32 Å². The highest BCUT2D eigenvalue weighted by atomic mass is 35.5. The highest BCUT2D eigenvalue weighted by Gasteiger charge is 2.01. The van der Waals surface area contributed by atoms with Crippen molar-refractivity contribution in [2.24, 2.45) is 0 Å². The summed E-state index contributed by atoms with van der Waals surface area (Å²) in [4.78, 5) is 11.5. The molecule has 17 heavy (non-hydrogen) atoms. The lowest BCUT2D eigenvalue weighted by molar-refractivity contribution is -0.115. The number of hydrogen-bond acceptors (Lipinski definition) is 2. The molecule has 0 saturated carbocycles. The molecule has 0 aliphatic heterocycles. The molecule has 90 valence electrons. The predicted molar refractivity (Wildman–Crippen MR) is 71.0 cm³/mol. The van der Waals surface area contributed by atoms with Crippen LogP contribution in [0.3, 0.4) is 0 Å². The zero-order chi connectivity index (χ0) is 12.5. The second kappa shape index (κ2) is 7.72. The molecule has 0 bridgehead atoms. The Kier molecular flexibility index (Phi) is 6.16. The molecule has 4 heteroatoms. The van der Waals surface area contributed by atoms with E-state index in [2.05, 4.69) is 22.5 Å². The van der Waals surface area contributed by atoms with Gasteiger partial charge in [-0.05, 0) is 25.1 Å². The average molecular weight is 251 g/mol. The van der Waals surface area contributed by atoms with E-state index >= 15 is 0 Å². The van der Waals surface area contributed by atoms with Gasteiger partial charge in [0.05, 0.1) is 6.54 Å². The minimum Gasteiger partial charge on any atom is -0.325 e. The van der Waals surface area contributed by atoms with Gasteiger partial charge in [0, 0.05) is 23.7 Å². The molecule has 1 aromatic rings. The molecule has 0 saturated heterocycles. The first kappa shape index (κ1) is 13.6. The molecule has 0 heterocycles. The van der Waals surface area contributed by atoms with Gasteiger partial charge in [-0.15, -0.1) is 11.8 Å². The Morgan fingerprint density at radius 1 is 1.47 bits per heavy atom. The van der Waals surface area contributed by atoms with Crippen molar-refractivity contribution < 1.29 is 4.79 Å². The van der Waals surface area contributed by atoms with E-state index in [1.165, 1.54) is 0 Å². The third-order valence-corrected chi connectivity index (χ3v) is 2.23.